The Morgan fingerprint density at radius 2 is 1.83 bits per heavy atom. The smallest absolute Gasteiger partial charge is 0.0369 e. The summed E-state index contributed by atoms with van der Waals surface area (Å²) >= 11 is 0. The molecular formula is C15H25N3. The van der Waals surface area contributed by atoms with Gasteiger partial charge in [-0.1, -0.05) is 6.07 Å². The van der Waals surface area contributed by atoms with Crippen molar-refractivity contribution in [3.05, 3.63) is 29.3 Å². The number of nitrogens with two attached hydrogens (primary N) is 1. The van der Waals surface area contributed by atoms with Crippen molar-refractivity contribution in [2.75, 3.05) is 31.1 Å². The Hall–Kier alpha value is -1.06. The standard InChI is InChI=1S/C15H25N3/c1-12(2)17-6-8-18(9-7-17)15-5-4-14(11-16)13(3)10-15/h4-5,10,12H,6-9,11,16H2,1-3H3. The van der Waals surface area contributed by atoms with Crippen LogP contribution in [0.4, 0.5) is 5.69 Å². The number of nitrogens with zero attached hydrogens (tertiary/aromatic N) is 2. The Labute approximate surface area is 111 Å². The van der Waals surface area contributed by atoms with E-state index in [9.17, 15) is 0 Å². The number of hydrogen-bond donors (Lipinski definition) is 1. The maximum atomic E-state index is 5.71. The highest BCUT2D eigenvalue weighted by atomic mass is 15.3. The summed E-state index contributed by atoms with van der Waals surface area (Å²) < 4.78 is 0. The second-order valence-corrected chi connectivity index (χ2v) is 5.43. The van der Waals surface area contributed by atoms with E-state index < -0.39 is 0 Å². The van der Waals surface area contributed by atoms with Crippen molar-refractivity contribution in [3.8, 4) is 0 Å². The molecule has 1 aliphatic rings. The van der Waals surface area contributed by atoms with Crippen molar-refractivity contribution in [1.29, 1.82) is 0 Å². The van der Waals surface area contributed by atoms with Crippen molar-refractivity contribution >= 4 is 5.69 Å². The van der Waals surface area contributed by atoms with Gasteiger partial charge in [0.05, 0.1) is 0 Å². The molecule has 1 fully saturated rings. The third kappa shape index (κ3) is 2.85. The second kappa shape index (κ2) is 5.72. The minimum Gasteiger partial charge on any atom is -0.369 e. The molecule has 0 amide bonds. The molecule has 0 aromatic heterocycles. The number of rotatable bonds is 3. The fraction of sp³-hybridized carbons (Fsp3) is 0.600. The molecule has 0 unspecified atom stereocenters. The van der Waals surface area contributed by atoms with Gasteiger partial charge in [0.1, 0.15) is 0 Å². The SMILES string of the molecule is Cc1cc(N2CCN(C(C)C)CC2)ccc1CN. The summed E-state index contributed by atoms with van der Waals surface area (Å²) in [5, 5.41) is 0. The molecular weight excluding hydrogens is 222 g/mol. The first-order valence-electron chi connectivity index (χ1n) is 6.90. The molecule has 100 valence electrons. The Morgan fingerprint density at radius 3 is 2.33 bits per heavy atom. The van der Waals surface area contributed by atoms with E-state index in [-0.39, 0.29) is 0 Å². The van der Waals surface area contributed by atoms with Crippen LogP contribution in [0.2, 0.25) is 0 Å². The Bertz CT molecular complexity index is 393. The van der Waals surface area contributed by atoms with Crippen LogP contribution in [0, 0.1) is 6.92 Å². The summed E-state index contributed by atoms with van der Waals surface area (Å²) in [6, 6.07) is 7.31. The largest absolute Gasteiger partial charge is 0.369 e. The number of benzene rings is 1. The highest BCUT2D eigenvalue weighted by Gasteiger charge is 2.19. The van der Waals surface area contributed by atoms with Gasteiger partial charge in [-0.25, -0.2) is 0 Å². The molecule has 0 aliphatic carbocycles. The number of piperazine rings is 1. The fourth-order valence-electron chi connectivity index (χ4n) is 2.60. The summed E-state index contributed by atoms with van der Waals surface area (Å²) in [5.74, 6) is 0. The Kier molecular flexibility index (Phi) is 4.25. The first kappa shape index (κ1) is 13.4. The molecule has 3 nitrogen and oxygen atoms in total. The zero-order valence-electron chi connectivity index (χ0n) is 11.8. The molecule has 2 N–H and O–H groups in total. The van der Waals surface area contributed by atoms with Crippen LogP contribution >= 0.6 is 0 Å². The Balaban J connectivity index is 2.03. The zero-order chi connectivity index (χ0) is 13.1. The van der Waals surface area contributed by atoms with Crippen LogP contribution in [-0.4, -0.2) is 37.1 Å². The number of aryl methyl sites for hydroxylation is 1. The van der Waals surface area contributed by atoms with Gasteiger partial charge >= 0.3 is 0 Å². The molecule has 1 aromatic carbocycles. The summed E-state index contributed by atoms with van der Waals surface area (Å²) in [4.78, 5) is 5.02. The molecule has 3 heteroatoms. The van der Waals surface area contributed by atoms with Crippen molar-refractivity contribution < 1.29 is 0 Å². The van der Waals surface area contributed by atoms with Gasteiger partial charge in [-0.05, 0) is 44.0 Å². The molecule has 1 saturated heterocycles. The van der Waals surface area contributed by atoms with Gasteiger partial charge in [0.25, 0.3) is 0 Å². The predicted octanol–water partition coefficient (Wildman–Crippen LogP) is 1.98. The van der Waals surface area contributed by atoms with Gasteiger partial charge in [-0.3, -0.25) is 4.90 Å². The van der Waals surface area contributed by atoms with E-state index >= 15 is 0 Å². The van der Waals surface area contributed by atoms with Crippen LogP contribution in [0.5, 0.6) is 0 Å². The van der Waals surface area contributed by atoms with Gasteiger partial charge in [-0.2, -0.15) is 0 Å². The van der Waals surface area contributed by atoms with Crippen LogP contribution in [0.3, 0.4) is 0 Å². The van der Waals surface area contributed by atoms with E-state index in [1.807, 2.05) is 0 Å². The van der Waals surface area contributed by atoms with Gasteiger partial charge in [0.2, 0.25) is 0 Å². The third-order valence-corrected chi connectivity index (χ3v) is 3.96. The lowest BCUT2D eigenvalue weighted by atomic mass is 10.1. The highest BCUT2D eigenvalue weighted by molar-refractivity contribution is 5.51. The minimum atomic E-state index is 0.632. The molecule has 0 bridgehead atoms. The molecule has 1 aliphatic heterocycles. The van der Waals surface area contributed by atoms with Crippen LogP contribution in [-0.2, 0) is 6.54 Å². The van der Waals surface area contributed by atoms with Crippen molar-refractivity contribution in [1.82, 2.24) is 4.90 Å². The average molecular weight is 247 g/mol. The van der Waals surface area contributed by atoms with Gasteiger partial charge in [0.15, 0.2) is 0 Å². The van der Waals surface area contributed by atoms with E-state index in [1.54, 1.807) is 0 Å². The van der Waals surface area contributed by atoms with Crippen molar-refractivity contribution in [2.45, 2.75) is 33.4 Å². The van der Waals surface area contributed by atoms with Crippen LogP contribution in [0.25, 0.3) is 0 Å². The van der Waals surface area contributed by atoms with Crippen LogP contribution < -0.4 is 10.6 Å². The van der Waals surface area contributed by atoms with E-state index in [2.05, 4.69) is 48.8 Å². The quantitative estimate of drug-likeness (QED) is 0.886. The topological polar surface area (TPSA) is 32.5 Å². The van der Waals surface area contributed by atoms with E-state index in [1.165, 1.54) is 16.8 Å². The number of hydrogen-bond acceptors (Lipinski definition) is 3. The highest BCUT2D eigenvalue weighted by Crippen LogP contribution is 2.21. The third-order valence-electron chi connectivity index (χ3n) is 3.96. The predicted molar refractivity (Wildman–Crippen MR) is 78.0 cm³/mol. The first-order chi connectivity index (χ1) is 8.61. The number of anilines is 1. The van der Waals surface area contributed by atoms with Gasteiger partial charge < -0.3 is 10.6 Å². The monoisotopic (exact) mass is 247 g/mol. The molecule has 0 saturated carbocycles. The summed E-state index contributed by atoms with van der Waals surface area (Å²) in [7, 11) is 0. The fourth-order valence-corrected chi connectivity index (χ4v) is 2.60. The van der Waals surface area contributed by atoms with Crippen LogP contribution in [0.1, 0.15) is 25.0 Å². The molecule has 2 rings (SSSR count). The average Bonchev–Trinajstić information content (AvgIpc) is 2.38. The lowest BCUT2D eigenvalue weighted by Crippen LogP contribution is -2.48. The van der Waals surface area contributed by atoms with Gasteiger partial charge in [-0.15, -0.1) is 0 Å². The molecule has 1 heterocycles. The molecule has 0 radical (unpaired) electrons. The normalized spacial score (nSPS) is 17.5. The summed E-state index contributed by atoms with van der Waals surface area (Å²) in [6.45, 7) is 11.9. The van der Waals surface area contributed by atoms with Crippen molar-refractivity contribution in [3.63, 3.8) is 0 Å². The Morgan fingerprint density at radius 1 is 1.17 bits per heavy atom. The maximum absolute atomic E-state index is 5.71. The molecule has 18 heavy (non-hydrogen) atoms. The van der Waals surface area contributed by atoms with E-state index in [0.29, 0.717) is 12.6 Å². The molecule has 1 aromatic rings. The van der Waals surface area contributed by atoms with E-state index in [4.69, 9.17) is 5.73 Å². The summed E-state index contributed by atoms with van der Waals surface area (Å²) in [5.41, 5.74) is 9.61. The summed E-state index contributed by atoms with van der Waals surface area (Å²) in [6.07, 6.45) is 0. The first-order valence-corrected chi connectivity index (χ1v) is 6.90. The maximum Gasteiger partial charge on any atom is 0.0369 e. The van der Waals surface area contributed by atoms with E-state index in [0.717, 1.165) is 26.2 Å². The van der Waals surface area contributed by atoms with Crippen molar-refractivity contribution in [2.24, 2.45) is 5.73 Å². The van der Waals surface area contributed by atoms with Gasteiger partial charge in [0, 0.05) is 44.5 Å². The molecule has 0 spiro atoms. The zero-order valence-corrected chi connectivity index (χ0v) is 11.8. The molecule has 0 atom stereocenters. The second-order valence-electron chi connectivity index (χ2n) is 5.43. The lowest BCUT2D eigenvalue weighted by molar-refractivity contribution is 0.209. The lowest BCUT2D eigenvalue weighted by Gasteiger charge is -2.38. The minimum absolute atomic E-state index is 0.632. The van der Waals surface area contributed by atoms with Crippen LogP contribution in [0.15, 0.2) is 18.2 Å².